The van der Waals surface area contributed by atoms with Crippen molar-refractivity contribution in [1.29, 1.82) is 0 Å². The molecule has 0 amide bonds. The number of benzene rings is 1. The largest absolute Gasteiger partial charge is 0.356 e. The molecule has 0 spiro atoms. The number of aliphatic imine (C=N–C) groups is 1. The Labute approximate surface area is 168 Å². The Hall–Kier alpha value is -0.890. The zero-order valence-corrected chi connectivity index (χ0v) is 17.8. The molecule has 2 N–H and O–H groups in total. The van der Waals surface area contributed by atoms with E-state index >= 15 is 0 Å². The number of likely N-dealkylation sites (tertiary alicyclic amines) is 1. The van der Waals surface area contributed by atoms with E-state index in [4.69, 9.17) is 0 Å². The van der Waals surface area contributed by atoms with E-state index < -0.39 is 0 Å². The van der Waals surface area contributed by atoms with Gasteiger partial charge in [0.05, 0.1) is 0 Å². The molecule has 4 nitrogen and oxygen atoms in total. The van der Waals surface area contributed by atoms with Crippen molar-refractivity contribution in [2.75, 3.05) is 39.8 Å². The minimum atomic E-state index is -0.141. The Bertz CT molecular complexity index is 524. The van der Waals surface area contributed by atoms with Gasteiger partial charge in [0, 0.05) is 26.7 Å². The van der Waals surface area contributed by atoms with Crippen LogP contribution in [0.25, 0.3) is 0 Å². The summed E-state index contributed by atoms with van der Waals surface area (Å²) in [5, 5.41) is 6.59. The first-order valence-corrected chi connectivity index (χ1v) is 9.09. The van der Waals surface area contributed by atoms with Crippen molar-refractivity contribution in [3.8, 4) is 0 Å². The van der Waals surface area contributed by atoms with Gasteiger partial charge in [-0.2, -0.15) is 0 Å². The van der Waals surface area contributed by atoms with E-state index in [1.807, 2.05) is 12.1 Å². The van der Waals surface area contributed by atoms with Gasteiger partial charge in [0.15, 0.2) is 5.96 Å². The summed E-state index contributed by atoms with van der Waals surface area (Å²) in [6.07, 6.45) is 4.46. The summed E-state index contributed by atoms with van der Waals surface area (Å²) in [5.41, 5.74) is 0.736. The fourth-order valence-corrected chi connectivity index (χ4v) is 3.24. The summed E-state index contributed by atoms with van der Waals surface area (Å²) < 4.78 is 13.6. The van der Waals surface area contributed by atoms with Crippen molar-refractivity contribution < 1.29 is 4.39 Å². The molecule has 2 rings (SSSR count). The number of piperidine rings is 1. The minimum Gasteiger partial charge on any atom is -0.356 e. The topological polar surface area (TPSA) is 39.7 Å². The van der Waals surface area contributed by atoms with E-state index in [-0.39, 0.29) is 29.8 Å². The Morgan fingerprint density at radius 2 is 2.04 bits per heavy atom. The molecule has 0 aromatic heterocycles. The highest BCUT2D eigenvalue weighted by atomic mass is 127. The molecule has 0 radical (unpaired) electrons. The number of hydrogen-bond acceptors (Lipinski definition) is 2. The summed E-state index contributed by atoms with van der Waals surface area (Å²) in [6.45, 7) is 7.53. The molecule has 1 heterocycles. The van der Waals surface area contributed by atoms with Crippen molar-refractivity contribution in [2.24, 2.45) is 10.9 Å². The lowest BCUT2D eigenvalue weighted by Crippen LogP contribution is -2.40. The Morgan fingerprint density at radius 3 is 2.76 bits per heavy atom. The van der Waals surface area contributed by atoms with Gasteiger partial charge in [-0.15, -0.1) is 24.0 Å². The Morgan fingerprint density at radius 1 is 1.28 bits per heavy atom. The van der Waals surface area contributed by atoms with Crippen LogP contribution in [-0.4, -0.2) is 50.6 Å². The molecule has 1 saturated heterocycles. The predicted octanol–water partition coefficient (Wildman–Crippen LogP) is 3.27. The second kappa shape index (κ2) is 12.5. The number of halogens is 2. The van der Waals surface area contributed by atoms with Crippen molar-refractivity contribution in [3.05, 3.63) is 35.6 Å². The van der Waals surface area contributed by atoms with E-state index in [2.05, 4.69) is 27.4 Å². The molecule has 1 atom stereocenters. The van der Waals surface area contributed by atoms with Crippen molar-refractivity contribution in [1.82, 2.24) is 15.5 Å². The van der Waals surface area contributed by atoms with Crippen LogP contribution in [0.4, 0.5) is 4.39 Å². The average Bonchev–Trinajstić information content (AvgIpc) is 2.58. The van der Waals surface area contributed by atoms with Crippen LogP contribution in [-0.2, 0) is 6.42 Å². The number of rotatable bonds is 7. The molecule has 1 aromatic rings. The van der Waals surface area contributed by atoms with Gasteiger partial charge < -0.3 is 15.5 Å². The molecule has 1 fully saturated rings. The maximum absolute atomic E-state index is 13.6. The van der Waals surface area contributed by atoms with Crippen LogP contribution in [0.1, 0.15) is 31.7 Å². The van der Waals surface area contributed by atoms with Crippen LogP contribution in [0.15, 0.2) is 29.3 Å². The Balaban J connectivity index is 0.00000312. The van der Waals surface area contributed by atoms with Gasteiger partial charge in [-0.1, -0.05) is 25.1 Å². The number of guanidine groups is 1. The predicted molar refractivity (Wildman–Crippen MR) is 114 cm³/mol. The van der Waals surface area contributed by atoms with Gasteiger partial charge in [0.25, 0.3) is 0 Å². The summed E-state index contributed by atoms with van der Waals surface area (Å²) in [6, 6.07) is 6.92. The molecule has 1 aliphatic heterocycles. The maximum atomic E-state index is 13.6. The first-order chi connectivity index (χ1) is 11.7. The van der Waals surface area contributed by atoms with Crippen LogP contribution in [0, 0.1) is 11.7 Å². The van der Waals surface area contributed by atoms with Gasteiger partial charge in [-0.05, 0) is 56.3 Å². The van der Waals surface area contributed by atoms with Gasteiger partial charge >= 0.3 is 0 Å². The van der Waals surface area contributed by atoms with Gasteiger partial charge in [-0.25, -0.2) is 4.39 Å². The quantitative estimate of drug-likeness (QED) is 0.283. The third kappa shape index (κ3) is 8.35. The normalized spacial score (nSPS) is 18.5. The van der Waals surface area contributed by atoms with Crippen LogP contribution in [0.5, 0.6) is 0 Å². The van der Waals surface area contributed by atoms with E-state index in [0.29, 0.717) is 13.0 Å². The van der Waals surface area contributed by atoms with E-state index in [1.54, 1.807) is 13.1 Å². The van der Waals surface area contributed by atoms with Crippen LogP contribution >= 0.6 is 24.0 Å². The first-order valence-electron chi connectivity index (χ1n) is 9.09. The minimum absolute atomic E-state index is 0. The molecule has 142 valence electrons. The molecule has 0 aliphatic carbocycles. The van der Waals surface area contributed by atoms with Gasteiger partial charge in [0.1, 0.15) is 5.82 Å². The lowest BCUT2D eigenvalue weighted by molar-refractivity contribution is 0.182. The fraction of sp³-hybridized carbons (Fsp3) is 0.632. The monoisotopic (exact) mass is 462 g/mol. The SMILES string of the molecule is CN=C(NCCCN1CCCC(C)C1)NCCc1ccccc1F.I. The molecule has 0 bridgehead atoms. The highest BCUT2D eigenvalue weighted by Crippen LogP contribution is 2.15. The van der Waals surface area contributed by atoms with Gasteiger partial charge in [0.2, 0.25) is 0 Å². The smallest absolute Gasteiger partial charge is 0.190 e. The zero-order valence-electron chi connectivity index (χ0n) is 15.4. The molecular weight excluding hydrogens is 430 g/mol. The summed E-state index contributed by atoms with van der Waals surface area (Å²) >= 11 is 0. The number of nitrogens with one attached hydrogen (secondary N) is 2. The maximum Gasteiger partial charge on any atom is 0.190 e. The summed E-state index contributed by atoms with van der Waals surface area (Å²) in [5.74, 6) is 1.48. The number of hydrogen-bond donors (Lipinski definition) is 2. The van der Waals surface area contributed by atoms with Crippen molar-refractivity contribution >= 4 is 29.9 Å². The van der Waals surface area contributed by atoms with Crippen molar-refractivity contribution in [2.45, 2.75) is 32.6 Å². The van der Waals surface area contributed by atoms with Gasteiger partial charge in [-0.3, -0.25) is 4.99 Å². The van der Waals surface area contributed by atoms with Crippen LogP contribution in [0.2, 0.25) is 0 Å². The average molecular weight is 462 g/mol. The summed E-state index contributed by atoms with van der Waals surface area (Å²) in [4.78, 5) is 6.78. The lowest BCUT2D eigenvalue weighted by Gasteiger charge is -2.30. The molecule has 1 aromatic carbocycles. The molecule has 1 aliphatic rings. The second-order valence-corrected chi connectivity index (χ2v) is 6.67. The number of nitrogens with zero attached hydrogens (tertiary/aromatic N) is 2. The third-order valence-electron chi connectivity index (χ3n) is 4.55. The van der Waals surface area contributed by atoms with Crippen LogP contribution < -0.4 is 10.6 Å². The second-order valence-electron chi connectivity index (χ2n) is 6.67. The summed E-state index contributed by atoms with van der Waals surface area (Å²) in [7, 11) is 1.77. The first kappa shape index (κ1) is 22.2. The highest BCUT2D eigenvalue weighted by molar-refractivity contribution is 14.0. The molecule has 1 unspecified atom stereocenters. The molecule has 0 saturated carbocycles. The van der Waals surface area contributed by atoms with E-state index in [1.165, 1.54) is 32.0 Å². The third-order valence-corrected chi connectivity index (χ3v) is 4.55. The zero-order chi connectivity index (χ0) is 17.2. The highest BCUT2D eigenvalue weighted by Gasteiger charge is 2.15. The molecule has 6 heteroatoms. The molecular formula is C19H32FIN4. The van der Waals surface area contributed by atoms with Crippen LogP contribution in [0.3, 0.4) is 0 Å². The fourth-order valence-electron chi connectivity index (χ4n) is 3.24. The van der Waals surface area contributed by atoms with E-state index in [9.17, 15) is 4.39 Å². The Kier molecular flexibility index (Phi) is 11.0. The molecule has 25 heavy (non-hydrogen) atoms. The van der Waals surface area contributed by atoms with E-state index in [0.717, 1.165) is 37.0 Å². The van der Waals surface area contributed by atoms with Crippen molar-refractivity contribution in [3.63, 3.8) is 0 Å². The lowest BCUT2D eigenvalue weighted by atomic mass is 10.0. The standard InChI is InChI=1S/C19H31FN4.HI/c1-16-7-5-13-24(15-16)14-6-11-22-19(21-2)23-12-10-17-8-3-4-9-18(17)20;/h3-4,8-9,16H,5-7,10-15H2,1-2H3,(H2,21,22,23);1H.